The Morgan fingerprint density at radius 3 is 2.71 bits per heavy atom. The van der Waals surface area contributed by atoms with E-state index in [4.69, 9.17) is 11.6 Å². The minimum atomic E-state index is -0.182. The highest BCUT2D eigenvalue weighted by atomic mass is 35.5. The lowest BCUT2D eigenvalue weighted by Gasteiger charge is -2.13. The van der Waals surface area contributed by atoms with Gasteiger partial charge in [-0.05, 0) is 24.3 Å². The van der Waals surface area contributed by atoms with Crippen LogP contribution in [0.25, 0.3) is 11.3 Å². The van der Waals surface area contributed by atoms with E-state index in [0.717, 1.165) is 16.9 Å². The average Bonchev–Trinajstić information content (AvgIpc) is 3.03. The van der Waals surface area contributed by atoms with Gasteiger partial charge in [0.2, 0.25) is 0 Å². The Morgan fingerprint density at radius 2 is 1.96 bits per heavy atom. The van der Waals surface area contributed by atoms with Crippen LogP contribution >= 0.6 is 22.9 Å². The van der Waals surface area contributed by atoms with Crippen LogP contribution in [-0.2, 0) is 0 Å². The molecule has 6 heteroatoms. The van der Waals surface area contributed by atoms with Crippen LogP contribution in [-0.4, -0.2) is 25.0 Å². The minimum absolute atomic E-state index is 0.182. The van der Waals surface area contributed by atoms with Crippen LogP contribution in [0.1, 0.15) is 10.4 Å². The number of benzene rings is 2. The first-order valence-electron chi connectivity index (χ1n) is 7.34. The van der Waals surface area contributed by atoms with E-state index in [1.165, 1.54) is 11.3 Å². The van der Waals surface area contributed by atoms with E-state index in [-0.39, 0.29) is 5.91 Å². The molecule has 4 nitrogen and oxygen atoms in total. The van der Waals surface area contributed by atoms with Crippen LogP contribution in [0.4, 0.5) is 10.8 Å². The van der Waals surface area contributed by atoms with Crippen molar-refractivity contribution in [2.45, 2.75) is 0 Å². The number of aromatic nitrogens is 1. The number of halogens is 1. The summed E-state index contributed by atoms with van der Waals surface area (Å²) in [5, 5.41) is 5.91. The van der Waals surface area contributed by atoms with Gasteiger partial charge in [-0.1, -0.05) is 35.9 Å². The molecule has 24 heavy (non-hydrogen) atoms. The van der Waals surface area contributed by atoms with Gasteiger partial charge in [-0.2, -0.15) is 0 Å². The van der Waals surface area contributed by atoms with Crippen molar-refractivity contribution in [1.82, 2.24) is 4.98 Å². The number of nitrogens with zero attached hydrogens (tertiary/aromatic N) is 2. The van der Waals surface area contributed by atoms with Crippen LogP contribution in [0, 0.1) is 0 Å². The van der Waals surface area contributed by atoms with Gasteiger partial charge < -0.3 is 4.90 Å². The highest BCUT2D eigenvalue weighted by Gasteiger charge is 2.12. The topological polar surface area (TPSA) is 45.2 Å². The summed E-state index contributed by atoms with van der Waals surface area (Å²) in [6.07, 6.45) is 0. The number of carbonyl (C=O) groups is 1. The molecule has 0 bridgehead atoms. The maximum absolute atomic E-state index is 12.4. The summed E-state index contributed by atoms with van der Waals surface area (Å²) >= 11 is 7.56. The summed E-state index contributed by atoms with van der Waals surface area (Å²) in [6.45, 7) is 0. The number of hydrogen-bond donors (Lipinski definition) is 1. The molecule has 0 aliphatic rings. The quantitative estimate of drug-likeness (QED) is 0.730. The summed E-state index contributed by atoms with van der Waals surface area (Å²) in [7, 11) is 3.88. The second-order valence-electron chi connectivity index (χ2n) is 5.42. The smallest absolute Gasteiger partial charge is 0.257 e. The molecule has 0 saturated carbocycles. The Labute approximate surface area is 149 Å². The van der Waals surface area contributed by atoms with E-state index >= 15 is 0 Å². The number of amides is 1. The standard InChI is InChI=1S/C18H16ClN3OS/c1-22(2)13-7-5-6-12(10-13)17(23)21-18-20-16(11-24-18)14-8-3-4-9-15(14)19/h3-11H,1-2H3,(H,20,21,23). The summed E-state index contributed by atoms with van der Waals surface area (Å²) in [5.41, 5.74) is 3.17. The van der Waals surface area contributed by atoms with Crippen molar-refractivity contribution >= 4 is 39.7 Å². The molecule has 3 aromatic rings. The number of hydrogen-bond acceptors (Lipinski definition) is 4. The van der Waals surface area contributed by atoms with Crippen LogP contribution in [0.2, 0.25) is 5.02 Å². The first kappa shape index (κ1) is 16.5. The van der Waals surface area contributed by atoms with Gasteiger partial charge in [-0.15, -0.1) is 11.3 Å². The molecule has 0 radical (unpaired) electrons. The highest BCUT2D eigenvalue weighted by molar-refractivity contribution is 7.14. The minimum Gasteiger partial charge on any atom is -0.378 e. The molecule has 1 amide bonds. The van der Waals surface area contributed by atoms with Crippen molar-refractivity contribution in [3.05, 3.63) is 64.5 Å². The predicted molar refractivity (Wildman–Crippen MR) is 101 cm³/mol. The molecular formula is C18H16ClN3OS. The van der Waals surface area contributed by atoms with Crippen LogP contribution < -0.4 is 10.2 Å². The Balaban J connectivity index is 1.79. The molecule has 0 spiro atoms. The Bertz CT molecular complexity index is 876. The van der Waals surface area contributed by atoms with Crippen molar-refractivity contribution < 1.29 is 4.79 Å². The monoisotopic (exact) mass is 357 g/mol. The highest BCUT2D eigenvalue weighted by Crippen LogP contribution is 2.30. The van der Waals surface area contributed by atoms with E-state index in [1.54, 1.807) is 6.07 Å². The predicted octanol–water partition coefficient (Wildman–Crippen LogP) is 4.78. The fourth-order valence-corrected chi connectivity index (χ4v) is 3.16. The van der Waals surface area contributed by atoms with Crippen LogP contribution in [0.3, 0.4) is 0 Å². The molecule has 2 aromatic carbocycles. The maximum atomic E-state index is 12.4. The van der Waals surface area contributed by atoms with Gasteiger partial charge in [-0.25, -0.2) is 4.98 Å². The van der Waals surface area contributed by atoms with Crippen molar-refractivity contribution in [2.75, 3.05) is 24.3 Å². The second-order valence-corrected chi connectivity index (χ2v) is 6.68. The number of nitrogens with one attached hydrogen (secondary N) is 1. The van der Waals surface area contributed by atoms with Crippen molar-refractivity contribution in [3.8, 4) is 11.3 Å². The maximum Gasteiger partial charge on any atom is 0.257 e. The Morgan fingerprint density at radius 1 is 1.17 bits per heavy atom. The summed E-state index contributed by atoms with van der Waals surface area (Å²) in [5.74, 6) is -0.182. The zero-order chi connectivity index (χ0) is 17.1. The zero-order valence-electron chi connectivity index (χ0n) is 13.3. The fraction of sp³-hybridized carbons (Fsp3) is 0.111. The van der Waals surface area contributed by atoms with Crippen molar-refractivity contribution in [1.29, 1.82) is 0 Å². The van der Waals surface area contributed by atoms with Crippen LogP contribution in [0.5, 0.6) is 0 Å². The lowest BCUT2D eigenvalue weighted by molar-refractivity contribution is 0.102. The molecule has 0 fully saturated rings. The molecule has 122 valence electrons. The SMILES string of the molecule is CN(C)c1cccc(C(=O)Nc2nc(-c3ccccc3Cl)cs2)c1. The largest absolute Gasteiger partial charge is 0.378 e. The summed E-state index contributed by atoms with van der Waals surface area (Å²) < 4.78 is 0. The molecule has 1 heterocycles. The molecule has 1 N–H and O–H groups in total. The normalized spacial score (nSPS) is 10.5. The van der Waals surface area contributed by atoms with E-state index < -0.39 is 0 Å². The van der Waals surface area contributed by atoms with Gasteiger partial charge in [-0.3, -0.25) is 10.1 Å². The Hall–Kier alpha value is -2.37. The molecule has 0 aliphatic heterocycles. The van der Waals surface area contributed by atoms with Gasteiger partial charge in [0, 0.05) is 41.3 Å². The molecule has 1 aromatic heterocycles. The second kappa shape index (κ2) is 7.03. The average molecular weight is 358 g/mol. The lowest BCUT2D eigenvalue weighted by Crippen LogP contribution is -2.14. The van der Waals surface area contributed by atoms with Crippen molar-refractivity contribution in [2.24, 2.45) is 0 Å². The molecule has 0 unspecified atom stereocenters. The van der Waals surface area contributed by atoms with E-state index in [1.807, 2.05) is 66.8 Å². The third-order valence-corrected chi connectivity index (χ3v) is 4.59. The van der Waals surface area contributed by atoms with E-state index in [2.05, 4.69) is 10.3 Å². The van der Waals surface area contributed by atoms with Crippen LogP contribution in [0.15, 0.2) is 53.9 Å². The van der Waals surface area contributed by atoms with Gasteiger partial charge in [0.1, 0.15) is 0 Å². The molecule has 3 rings (SSSR count). The molecule has 0 saturated heterocycles. The fourth-order valence-electron chi connectivity index (χ4n) is 2.22. The van der Waals surface area contributed by atoms with E-state index in [9.17, 15) is 4.79 Å². The summed E-state index contributed by atoms with van der Waals surface area (Å²) in [4.78, 5) is 18.8. The summed E-state index contributed by atoms with van der Waals surface area (Å²) in [6, 6.07) is 15.0. The number of carbonyl (C=O) groups excluding carboxylic acids is 1. The first-order valence-corrected chi connectivity index (χ1v) is 8.59. The third kappa shape index (κ3) is 3.58. The van der Waals surface area contributed by atoms with Gasteiger partial charge >= 0.3 is 0 Å². The number of anilines is 2. The van der Waals surface area contributed by atoms with Crippen molar-refractivity contribution in [3.63, 3.8) is 0 Å². The van der Waals surface area contributed by atoms with Gasteiger partial charge in [0.05, 0.1) is 5.69 Å². The number of thiazole rings is 1. The first-order chi connectivity index (χ1) is 11.5. The van der Waals surface area contributed by atoms with E-state index in [0.29, 0.717) is 15.7 Å². The molecule has 0 atom stereocenters. The van der Waals surface area contributed by atoms with Gasteiger partial charge in [0.25, 0.3) is 5.91 Å². The lowest BCUT2D eigenvalue weighted by atomic mass is 10.2. The molecular weight excluding hydrogens is 342 g/mol. The number of rotatable bonds is 4. The Kier molecular flexibility index (Phi) is 4.83. The zero-order valence-corrected chi connectivity index (χ0v) is 14.9. The van der Waals surface area contributed by atoms with Gasteiger partial charge in [0.15, 0.2) is 5.13 Å². The molecule has 0 aliphatic carbocycles. The third-order valence-electron chi connectivity index (χ3n) is 3.50.